The summed E-state index contributed by atoms with van der Waals surface area (Å²) in [5, 5.41) is 30.5. The van der Waals surface area contributed by atoms with Gasteiger partial charge in [-0.05, 0) is 36.8 Å². The van der Waals surface area contributed by atoms with Crippen LogP contribution in [0.4, 0.5) is 11.4 Å². The number of amides is 1. The number of nitro benzene ring substituents is 1. The third kappa shape index (κ3) is 6.00. The fraction of sp³-hybridized carbons (Fsp3) is 0.222. The maximum atomic E-state index is 12.1. The number of sulfonamides is 1. The maximum absolute atomic E-state index is 12.1. The lowest BCUT2D eigenvalue weighted by Gasteiger charge is -2.15. The summed E-state index contributed by atoms with van der Waals surface area (Å²) in [5.41, 5.74) is 0.976. The topological polar surface area (TPSA) is 168 Å². The van der Waals surface area contributed by atoms with E-state index in [1.807, 2.05) is 6.07 Å². The van der Waals surface area contributed by atoms with Crippen LogP contribution in [0.25, 0.3) is 0 Å². The van der Waals surface area contributed by atoms with E-state index in [0.29, 0.717) is 5.56 Å². The van der Waals surface area contributed by atoms with Crippen molar-refractivity contribution in [3.05, 3.63) is 63.7 Å². The summed E-state index contributed by atoms with van der Waals surface area (Å²) in [6.07, 6.45) is 0.0364. The van der Waals surface area contributed by atoms with Gasteiger partial charge in [0.1, 0.15) is 5.69 Å². The fourth-order valence-corrected chi connectivity index (χ4v) is 3.08. The van der Waals surface area contributed by atoms with Gasteiger partial charge in [-0.15, -0.1) is 0 Å². The van der Waals surface area contributed by atoms with Crippen molar-refractivity contribution in [2.24, 2.45) is 5.14 Å². The number of nitrogens with one attached hydrogen (secondary N) is 2. The number of carbonyl (C=O) groups excluding carboxylic acids is 1. The van der Waals surface area contributed by atoms with Gasteiger partial charge in [-0.2, -0.15) is 5.26 Å². The molecule has 2 rings (SSSR count). The zero-order chi connectivity index (χ0) is 21.6. The number of hydrogen-bond acceptors (Lipinski definition) is 7. The Morgan fingerprint density at radius 2 is 1.93 bits per heavy atom. The normalized spacial score (nSPS) is 11.9. The molecule has 152 valence electrons. The number of primary sulfonamides is 1. The van der Waals surface area contributed by atoms with E-state index in [4.69, 9.17) is 10.4 Å². The molecule has 1 unspecified atom stereocenters. The Morgan fingerprint density at radius 1 is 1.28 bits per heavy atom. The van der Waals surface area contributed by atoms with E-state index in [1.165, 1.54) is 6.07 Å². The van der Waals surface area contributed by atoms with Crippen molar-refractivity contribution in [1.82, 2.24) is 5.32 Å². The first-order valence-corrected chi connectivity index (χ1v) is 10.0. The molecule has 2 aromatic rings. The Bertz CT molecular complexity index is 1060. The molecule has 0 aliphatic heterocycles. The molecule has 11 heteroatoms. The molecule has 4 N–H and O–H groups in total. The van der Waals surface area contributed by atoms with E-state index in [1.54, 1.807) is 31.2 Å². The summed E-state index contributed by atoms with van der Waals surface area (Å²) in [4.78, 5) is 22.2. The van der Waals surface area contributed by atoms with Crippen molar-refractivity contribution in [3.63, 3.8) is 0 Å². The van der Waals surface area contributed by atoms with Gasteiger partial charge in [-0.3, -0.25) is 14.9 Å². The number of nitrogens with two attached hydrogens (primary N) is 1. The van der Waals surface area contributed by atoms with Crippen LogP contribution in [0, 0.1) is 21.4 Å². The second-order valence-electron chi connectivity index (χ2n) is 6.18. The average Bonchev–Trinajstić information content (AvgIpc) is 2.67. The van der Waals surface area contributed by atoms with Gasteiger partial charge in [0.25, 0.3) is 5.69 Å². The van der Waals surface area contributed by atoms with Gasteiger partial charge in [-0.1, -0.05) is 12.1 Å². The number of rotatable bonds is 8. The van der Waals surface area contributed by atoms with Gasteiger partial charge in [0.2, 0.25) is 15.9 Å². The average molecular weight is 417 g/mol. The molecule has 0 aliphatic carbocycles. The number of benzene rings is 2. The molecule has 0 spiro atoms. The Labute approximate surface area is 167 Å². The third-order valence-electron chi connectivity index (χ3n) is 4.08. The molecule has 0 bridgehead atoms. The van der Waals surface area contributed by atoms with E-state index in [0.717, 1.165) is 17.7 Å². The van der Waals surface area contributed by atoms with Crippen LogP contribution < -0.4 is 15.8 Å². The Hall–Kier alpha value is -3.49. The second kappa shape index (κ2) is 9.13. The van der Waals surface area contributed by atoms with E-state index >= 15 is 0 Å². The lowest BCUT2D eigenvalue weighted by Crippen LogP contribution is -2.28. The Morgan fingerprint density at radius 3 is 2.48 bits per heavy atom. The molecule has 0 heterocycles. The van der Waals surface area contributed by atoms with Gasteiger partial charge in [-0.25, -0.2) is 13.6 Å². The lowest BCUT2D eigenvalue weighted by molar-refractivity contribution is -0.384. The van der Waals surface area contributed by atoms with Crippen LogP contribution in [0.1, 0.15) is 30.5 Å². The molecule has 29 heavy (non-hydrogen) atoms. The summed E-state index contributed by atoms with van der Waals surface area (Å²) >= 11 is 0. The van der Waals surface area contributed by atoms with Gasteiger partial charge in [0.15, 0.2) is 0 Å². The molecule has 0 saturated heterocycles. The second-order valence-corrected chi connectivity index (χ2v) is 7.74. The van der Waals surface area contributed by atoms with Crippen molar-refractivity contribution in [1.29, 1.82) is 5.26 Å². The number of nitrogens with zero attached hydrogens (tertiary/aromatic N) is 2. The van der Waals surface area contributed by atoms with Crippen LogP contribution in [0.5, 0.6) is 0 Å². The molecular formula is C18H19N5O5S. The van der Waals surface area contributed by atoms with Crippen LogP contribution in [-0.4, -0.2) is 25.8 Å². The van der Waals surface area contributed by atoms with Crippen molar-refractivity contribution in [2.75, 3.05) is 11.9 Å². The maximum Gasteiger partial charge on any atom is 0.293 e. The molecule has 10 nitrogen and oxygen atoms in total. The molecule has 0 radical (unpaired) electrons. The molecule has 2 aromatic carbocycles. The Balaban J connectivity index is 1.95. The summed E-state index contributed by atoms with van der Waals surface area (Å²) in [6, 6.07) is 11.8. The third-order valence-corrected chi connectivity index (χ3v) is 4.99. The molecular weight excluding hydrogens is 398 g/mol. The lowest BCUT2D eigenvalue weighted by atomic mass is 10.1. The first kappa shape index (κ1) is 21.8. The zero-order valence-electron chi connectivity index (χ0n) is 15.5. The highest BCUT2D eigenvalue weighted by molar-refractivity contribution is 7.89. The quantitative estimate of drug-likeness (QED) is 0.434. The first-order valence-electron chi connectivity index (χ1n) is 8.46. The summed E-state index contributed by atoms with van der Waals surface area (Å²) in [6.45, 7) is 1.89. The van der Waals surface area contributed by atoms with Crippen molar-refractivity contribution in [2.45, 2.75) is 24.3 Å². The summed E-state index contributed by atoms with van der Waals surface area (Å²) in [7, 11) is -4.07. The molecule has 1 atom stereocenters. The predicted molar refractivity (Wildman–Crippen MR) is 105 cm³/mol. The highest BCUT2D eigenvalue weighted by atomic mass is 32.2. The fourth-order valence-electron chi connectivity index (χ4n) is 2.54. The van der Waals surface area contributed by atoms with Crippen LogP contribution in [0.15, 0.2) is 47.4 Å². The number of nitro groups is 1. The van der Waals surface area contributed by atoms with E-state index in [9.17, 15) is 23.3 Å². The highest BCUT2D eigenvalue weighted by Crippen LogP contribution is 2.27. The number of hydrogen-bond donors (Lipinski definition) is 3. The minimum Gasteiger partial charge on any atom is -0.379 e. The van der Waals surface area contributed by atoms with Crippen molar-refractivity contribution < 1.29 is 18.1 Å². The molecule has 0 aliphatic rings. The predicted octanol–water partition coefficient (Wildman–Crippen LogP) is 1.79. The van der Waals surface area contributed by atoms with Gasteiger partial charge in [0.05, 0.1) is 27.5 Å². The van der Waals surface area contributed by atoms with Crippen molar-refractivity contribution >= 4 is 27.3 Å². The Kier molecular flexibility index (Phi) is 6.87. The first-order chi connectivity index (χ1) is 13.6. The molecule has 1 amide bonds. The van der Waals surface area contributed by atoms with E-state index < -0.39 is 20.6 Å². The summed E-state index contributed by atoms with van der Waals surface area (Å²) in [5.74, 6) is -0.279. The minimum atomic E-state index is -4.07. The number of nitriles is 1. The van der Waals surface area contributed by atoms with Crippen LogP contribution >= 0.6 is 0 Å². The van der Waals surface area contributed by atoms with Crippen molar-refractivity contribution in [3.8, 4) is 6.07 Å². The number of carbonyl (C=O) groups is 1. The summed E-state index contributed by atoms with van der Waals surface area (Å²) < 4.78 is 22.7. The van der Waals surface area contributed by atoms with Crippen LogP contribution in [0.3, 0.4) is 0 Å². The van der Waals surface area contributed by atoms with E-state index in [-0.39, 0.29) is 35.5 Å². The molecule has 0 fully saturated rings. The smallest absolute Gasteiger partial charge is 0.293 e. The largest absolute Gasteiger partial charge is 0.379 e. The molecule has 0 saturated carbocycles. The highest BCUT2D eigenvalue weighted by Gasteiger charge is 2.19. The van der Waals surface area contributed by atoms with Crippen LogP contribution in [0.2, 0.25) is 0 Å². The monoisotopic (exact) mass is 417 g/mol. The van der Waals surface area contributed by atoms with E-state index in [2.05, 4.69) is 10.6 Å². The van der Waals surface area contributed by atoms with Crippen LogP contribution in [-0.2, 0) is 14.8 Å². The van der Waals surface area contributed by atoms with Gasteiger partial charge >= 0.3 is 0 Å². The standard InChI is InChI=1S/C18H19N5O5S/c1-12(14-4-2-13(11-19)3-5-14)22-18(24)8-9-21-16-7-6-15(29(20,27)28)10-17(16)23(25)26/h2-7,10,12,21H,8-9H2,1H3,(H,22,24)(H2,20,27,28). The minimum absolute atomic E-state index is 0.0364. The van der Waals surface area contributed by atoms with Gasteiger partial charge < -0.3 is 10.6 Å². The molecule has 0 aromatic heterocycles. The van der Waals surface area contributed by atoms with Gasteiger partial charge in [0, 0.05) is 19.0 Å². The number of anilines is 1. The SMILES string of the molecule is CC(NC(=O)CCNc1ccc(S(N)(=O)=O)cc1[N+](=O)[O-])c1ccc(C#N)cc1. The zero-order valence-corrected chi connectivity index (χ0v) is 16.3.